The van der Waals surface area contributed by atoms with Crippen molar-refractivity contribution in [3.05, 3.63) is 11.4 Å². The summed E-state index contributed by atoms with van der Waals surface area (Å²) in [6, 6.07) is 0. The molecule has 7 nitrogen and oxygen atoms in total. The van der Waals surface area contributed by atoms with Gasteiger partial charge in [-0.05, 0) is 33.5 Å². The number of amides is 1. The Kier molecular flexibility index (Phi) is 4.86. The lowest BCUT2D eigenvalue weighted by Gasteiger charge is -2.19. The highest BCUT2D eigenvalue weighted by molar-refractivity contribution is 5.77. The van der Waals surface area contributed by atoms with Gasteiger partial charge in [0.15, 0.2) is 0 Å². The molecule has 0 unspecified atom stereocenters. The Morgan fingerprint density at radius 3 is 2.89 bits per heavy atom. The van der Waals surface area contributed by atoms with E-state index in [0.717, 1.165) is 38.3 Å². The lowest BCUT2D eigenvalue weighted by molar-refractivity contribution is -0.122. The monoisotopic (exact) mass is 267 g/mol. The summed E-state index contributed by atoms with van der Waals surface area (Å²) < 4.78 is 4.59. The smallest absolute Gasteiger partial charge is 0.234 e. The molecule has 0 spiro atoms. The summed E-state index contributed by atoms with van der Waals surface area (Å²) in [4.78, 5) is 16.3. The minimum Gasteiger partial charge on any atom is -0.349 e. The first-order valence-electron chi connectivity index (χ1n) is 6.61. The van der Waals surface area contributed by atoms with Gasteiger partial charge >= 0.3 is 0 Å². The number of hydrogen-bond acceptors (Lipinski definition) is 6. The summed E-state index contributed by atoms with van der Waals surface area (Å²) in [5, 5.41) is 10.3. The van der Waals surface area contributed by atoms with Crippen molar-refractivity contribution in [2.75, 3.05) is 39.8 Å². The fourth-order valence-corrected chi connectivity index (χ4v) is 2.11. The molecule has 1 aromatic heterocycles. The van der Waals surface area contributed by atoms with E-state index < -0.39 is 0 Å². The van der Waals surface area contributed by atoms with Gasteiger partial charge in [-0.25, -0.2) is 4.63 Å². The van der Waals surface area contributed by atoms with Crippen LogP contribution in [0.2, 0.25) is 0 Å². The Morgan fingerprint density at radius 2 is 2.16 bits per heavy atom. The minimum absolute atomic E-state index is 0.0203. The van der Waals surface area contributed by atoms with Crippen molar-refractivity contribution in [2.45, 2.75) is 19.9 Å². The molecule has 1 aliphatic rings. The molecule has 0 aliphatic carbocycles. The van der Waals surface area contributed by atoms with E-state index in [-0.39, 0.29) is 5.91 Å². The molecule has 0 atom stereocenters. The van der Waals surface area contributed by atoms with Crippen LogP contribution in [0.4, 0.5) is 0 Å². The van der Waals surface area contributed by atoms with E-state index in [0.29, 0.717) is 18.8 Å². The third kappa shape index (κ3) is 4.29. The van der Waals surface area contributed by atoms with Crippen molar-refractivity contribution >= 4 is 5.91 Å². The summed E-state index contributed by atoms with van der Waals surface area (Å²) in [5.74, 6) is 0.0203. The molecule has 2 rings (SSSR count). The van der Waals surface area contributed by atoms with Crippen molar-refractivity contribution in [2.24, 2.45) is 0 Å². The Labute approximate surface area is 112 Å². The first kappa shape index (κ1) is 14.0. The Hall–Kier alpha value is -1.47. The van der Waals surface area contributed by atoms with E-state index in [1.54, 1.807) is 0 Å². The zero-order valence-electron chi connectivity index (χ0n) is 11.6. The lowest BCUT2D eigenvalue weighted by Crippen LogP contribution is -2.38. The zero-order valence-corrected chi connectivity index (χ0v) is 11.6. The second-order valence-electron chi connectivity index (χ2n) is 5.01. The fraction of sp³-hybridized carbons (Fsp3) is 0.750. The average Bonchev–Trinajstić information content (AvgIpc) is 2.67. The normalized spacial score (nSPS) is 18.2. The number of nitrogens with one attached hydrogen (secondary N) is 1. The van der Waals surface area contributed by atoms with Gasteiger partial charge < -0.3 is 10.2 Å². The van der Waals surface area contributed by atoms with Gasteiger partial charge in [0.1, 0.15) is 11.4 Å². The maximum Gasteiger partial charge on any atom is 0.234 e. The number of likely N-dealkylation sites (N-methyl/N-ethyl adjacent to an activating group) is 1. The summed E-state index contributed by atoms with van der Waals surface area (Å²) in [5.41, 5.74) is 1.40. The maximum absolute atomic E-state index is 11.9. The molecular formula is C12H21N5O2. The molecule has 19 heavy (non-hydrogen) atoms. The Balaban J connectivity index is 1.73. The molecule has 1 aliphatic heterocycles. The molecule has 106 valence electrons. The van der Waals surface area contributed by atoms with Gasteiger partial charge in [-0.15, -0.1) is 0 Å². The average molecular weight is 267 g/mol. The third-order valence-corrected chi connectivity index (χ3v) is 3.38. The van der Waals surface area contributed by atoms with Crippen LogP contribution in [-0.4, -0.2) is 65.8 Å². The second kappa shape index (κ2) is 6.63. The van der Waals surface area contributed by atoms with Gasteiger partial charge in [0.25, 0.3) is 0 Å². The molecule has 0 radical (unpaired) electrons. The van der Waals surface area contributed by atoms with Crippen LogP contribution in [0, 0.1) is 6.92 Å². The van der Waals surface area contributed by atoms with Gasteiger partial charge in [-0.3, -0.25) is 9.69 Å². The van der Waals surface area contributed by atoms with Gasteiger partial charge in [0, 0.05) is 13.1 Å². The molecular weight excluding hydrogens is 246 g/mol. The number of aromatic nitrogens is 2. The first-order chi connectivity index (χ1) is 9.15. The van der Waals surface area contributed by atoms with E-state index in [4.69, 9.17) is 0 Å². The Morgan fingerprint density at radius 1 is 1.32 bits per heavy atom. The van der Waals surface area contributed by atoms with Crippen LogP contribution < -0.4 is 5.32 Å². The number of carbonyl (C=O) groups is 1. The predicted molar refractivity (Wildman–Crippen MR) is 69.4 cm³/mol. The number of carbonyl (C=O) groups excluding carboxylic acids is 1. The molecule has 1 fully saturated rings. The van der Waals surface area contributed by atoms with Crippen molar-refractivity contribution in [3.8, 4) is 0 Å². The van der Waals surface area contributed by atoms with Crippen LogP contribution in [-0.2, 0) is 11.3 Å². The van der Waals surface area contributed by atoms with E-state index in [1.165, 1.54) is 0 Å². The van der Waals surface area contributed by atoms with Crippen LogP contribution in [0.3, 0.4) is 0 Å². The molecule has 7 heteroatoms. The predicted octanol–water partition coefficient (Wildman–Crippen LogP) is -0.368. The topological polar surface area (TPSA) is 74.5 Å². The molecule has 0 saturated carbocycles. The van der Waals surface area contributed by atoms with Crippen LogP contribution in [0.5, 0.6) is 0 Å². The van der Waals surface area contributed by atoms with Crippen molar-refractivity contribution in [3.63, 3.8) is 0 Å². The Bertz CT molecular complexity index is 420. The summed E-state index contributed by atoms with van der Waals surface area (Å²) >= 11 is 0. The van der Waals surface area contributed by atoms with Crippen molar-refractivity contribution in [1.29, 1.82) is 0 Å². The minimum atomic E-state index is 0.0203. The van der Waals surface area contributed by atoms with Crippen molar-refractivity contribution < 1.29 is 9.42 Å². The third-order valence-electron chi connectivity index (χ3n) is 3.38. The highest BCUT2D eigenvalue weighted by Gasteiger charge is 2.15. The zero-order chi connectivity index (χ0) is 13.7. The lowest BCUT2D eigenvalue weighted by atomic mass is 10.3. The largest absolute Gasteiger partial charge is 0.349 e. The number of rotatable bonds is 4. The summed E-state index contributed by atoms with van der Waals surface area (Å²) in [7, 11) is 2.12. The summed E-state index contributed by atoms with van der Waals surface area (Å²) in [6.45, 7) is 6.65. The molecule has 1 aromatic rings. The van der Waals surface area contributed by atoms with Crippen LogP contribution in [0.25, 0.3) is 0 Å². The SMILES string of the molecule is Cc1nonc1CNC(=O)CN1CCCN(C)CC1. The van der Waals surface area contributed by atoms with Crippen LogP contribution in [0.1, 0.15) is 17.8 Å². The van der Waals surface area contributed by atoms with E-state index >= 15 is 0 Å². The van der Waals surface area contributed by atoms with Crippen LogP contribution >= 0.6 is 0 Å². The van der Waals surface area contributed by atoms with E-state index in [1.807, 2.05) is 6.92 Å². The quantitative estimate of drug-likeness (QED) is 0.802. The highest BCUT2D eigenvalue weighted by Crippen LogP contribution is 2.01. The molecule has 0 aromatic carbocycles. The number of aryl methyl sites for hydroxylation is 1. The molecule has 0 bridgehead atoms. The van der Waals surface area contributed by atoms with E-state index in [9.17, 15) is 4.79 Å². The highest BCUT2D eigenvalue weighted by atomic mass is 16.6. The van der Waals surface area contributed by atoms with Gasteiger partial charge in [-0.2, -0.15) is 0 Å². The second-order valence-corrected chi connectivity index (χ2v) is 5.01. The molecule has 1 N–H and O–H groups in total. The van der Waals surface area contributed by atoms with E-state index in [2.05, 4.69) is 37.1 Å². The van der Waals surface area contributed by atoms with Crippen molar-refractivity contribution in [1.82, 2.24) is 25.4 Å². The van der Waals surface area contributed by atoms with Gasteiger partial charge in [0.05, 0.1) is 13.1 Å². The molecule has 1 amide bonds. The number of nitrogens with zero attached hydrogens (tertiary/aromatic N) is 4. The van der Waals surface area contributed by atoms with Gasteiger partial charge in [-0.1, -0.05) is 10.3 Å². The molecule has 1 saturated heterocycles. The summed E-state index contributed by atoms with van der Waals surface area (Å²) in [6.07, 6.45) is 1.11. The van der Waals surface area contributed by atoms with Gasteiger partial charge in [0.2, 0.25) is 5.91 Å². The standard InChI is InChI=1S/C12H21N5O2/c1-10-11(15-19-14-10)8-13-12(18)9-17-5-3-4-16(2)6-7-17/h3-9H2,1-2H3,(H,13,18). The maximum atomic E-state index is 11.9. The number of hydrogen-bond donors (Lipinski definition) is 1. The van der Waals surface area contributed by atoms with Crippen LogP contribution in [0.15, 0.2) is 4.63 Å². The molecule has 2 heterocycles. The first-order valence-corrected chi connectivity index (χ1v) is 6.61. The fourth-order valence-electron chi connectivity index (χ4n) is 2.11.